The minimum Gasteiger partial charge on any atom is -0.342 e. The minimum atomic E-state index is -0.0432. The SMILES string of the molecule is C=CCn1c(SCC(=O)N2CCCC(C)C2)nc2sc(C)c(C)c2c1=O. The number of hydrogen-bond acceptors (Lipinski definition) is 5. The molecule has 7 heteroatoms. The zero-order valence-corrected chi connectivity index (χ0v) is 17.2. The highest BCUT2D eigenvalue weighted by atomic mass is 32.2. The van der Waals surface area contributed by atoms with Crippen LogP contribution in [0.1, 0.15) is 30.2 Å². The molecule has 5 nitrogen and oxygen atoms in total. The van der Waals surface area contributed by atoms with Crippen molar-refractivity contribution in [2.45, 2.75) is 45.3 Å². The Hall–Kier alpha value is -1.60. The second-order valence-corrected chi connectivity index (χ2v) is 9.08. The van der Waals surface area contributed by atoms with E-state index in [1.165, 1.54) is 29.5 Å². The Kier molecular flexibility index (Phi) is 5.87. The number of thioether (sulfide) groups is 1. The number of carbonyl (C=O) groups excluding carboxylic acids is 1. The Labute approximate surface area is 162 Å². The van der Waals surface area contributed by atoms with Crippen molar-refractivity contribution in [1.82, 2.24) is 14.5 Å². The molecule has 3 heterocycles. The molecule has 0 saturated carbocycles. The maximum Gasteiger partial charge on any atom is 0.263 e. The number of thiophene rings is 1. The van der Waals surface area contributed by atoms with Gasteiger partial charge in [0, 0.05) is 24.5 Å². The van der Waals surface area contributed by atoms with Gasteiger partial charge in [-0.3, -0.25) is 14.2 Å². The van der Waals surface area contributed by atoms with E-state index in [2.05, 4.69) is 13.5 Å². The van der Waals surface area contributed by atoms with E-state index in [-0.39, 0.29) is 11.5 Å². The molecular formula is C19H25N3O2S2. The largest absolute Gasteiger partial charge is 0.342 e. The summed E-state index contributed by atoms with van der Waals surface area (Å²) in [6.45, 7) is 12.0. The molecule has 140 valence electrons. The molecule has 1 saturated heterocycles. The van der Waals surface area contributed by atoms with Crippen LogP contribution < -0.4 is 5.56 Å². The second-order valence-electron chi connectivity index (χ2n) is 6.94. The predicted molar refractivity (Wildman–Crippen MR) is 109 cm³/mol. The molecule has 3 rings (SSSR count). The molecule has 26 heavy (non-hydrogen) atoms. The van der Waals surface area contributed by atoms with Crippen molar-refractivity contribution in [2.24, 2.45) is 5.92 Å². The number of carbonyl (C=O) groups is 1. The van der Waals surface area contributed by atoms with E-state index in [1.54, 1.807) is 10.6 Å². The van der Waals surface area contributed by atoms with E-state index in [1.807, 2.05) is 18.7 Å². The molecule has 1 unspecified atom stereocenters. The van der Waals surface area contributed by atoms with Crippen LogP contribution in [0.3, 0.4) is 0 Å². The number of nitrogens with zero attached hydrogens (tertiary/aromatic N) is 3. The number of amides is 1. The third kappa shape index (κ3) is 3.74. The van der Waals surface area contributed by atoms with Crippen LogP contribution >= 0.6 is 23.1 Å². The molecule has 1 amide bonds. The van der Waals surface area contributed by atoms with E-state index >= 15 is 0 Å². The van der Waals surface area contributed by atoms with Gasteiger partial charge in [-0.2, -0.15) is 0 Å². The Morgan fingerprint density at radius 3 is 2.92 bits per heavy atom. The van der Waals surface area contributed by atoms with Crippen molar-refractivity contribution < 1.29 is 4.79 Å². The minimum absolute atomic E-state index is 0.0432. The van der Waals surface area contributed by atoms with Gasteiger partial charge < -0.3 is 4.90 Å². The van der Waals surface area contributed by atoms with Gasteiger partial charge in [0.15, 0.2) is 5.16 Å². The first-order chi connectivity index (χ1) is 12.4. The van der Waals surface area contributed by atoms with Crippen LogP contribution in [-0.4, -0.2) is 39.2 Å². The third-order valence-corrected chi connectivity index (χ3v) is 6.96. The van der Waals surface area contributed by atoms with Gasteiger partial charge in [0.2, 0.25) is 5.91 Å². The van der Waals surface area contributed by atoms with Crippen molar-refractivity contribution in [3.8, 4) is 0 Å². The van der Waals surface area contributed by atoms with Gasteiger partial charge in [-0.1, -0.05) is 24.8 Å². The van der Waals surface area contributed by atoms with Crippen LogP contribution in [0, 0.1) is 19.8 Å². The summed E-state index contributed by atoms with van der Waals surface area (Å²) in [5, 5.41) is 1.29. The average molecular weight is 392 g/mol. The third-order valence-electron chi connectivity index (χ3n) is 4.90. The van der Waals surface area contributed by atoms with E-state index < -0.39 is 0 Å². The maximum atomic E-state index is 12.9. The lowest BCUT2D eigenvalue weighted by molar-refractivity contribution is -0.130. The lowest BCUT2D eigenvalue weighted by atomic mass is 10.0. The molecule has 2 aromatic heterocycles. The van der Waals surface area contributed by atoms with Crippen LogP contribution in [0.5, 0.6) is 0 Å². The molecule has 0 radical (unpaired) electrons. The smallest absolute Gasteiger partial charge is 0.263 e. The molecule has 0 aliphatic carbocycles. The summed E-state index contributed by atoms with van der Waals surface area (Å²) in [4.78, 5) is 34.0. The van der Waals surface area contributed by atoms with Crippen molar-refractivity contribution in [3.63, 3.8) is 0 Å². The molecule has 0 N–H and O–H groups in total. The van der Waals surface area contributed by atoms with Crippen molar-refractivity contribution >= 4 is 39.2 Å². The van der Waals surface area contributed by atoms with Crippen molar-refractivity contribution in [3.05, 3.63) is 33.4 Å². The van der Waals surface area contributed by atoms with E-state index in [9.17, 15) is 9.59 Å². The number of piperidine rings is 1. The van der Waals surface area contributed by atoms with Gasteiger partial charge in [0.05, 0.1) is 11.1 Å². The van der Waals surface area contributed by atoms with Gasteiger partial charge in [0.25, 0.3) is 5.56 Å². The number of rotatable bonds is 5. The van der Waals surface area contributed by atoms with Crippen LogP contribution in [0.25, 0.3) is 10.2 Å². The summed E-state index contributed by atoms with van der Waals surface area (Å²) < 4.78 is 1.63. The highest BCUT2D eigenvalue weighted by Gasteiger charge is 2.22. The summed E-state index contributed by atoms with van der Waals surface area (Å²) in [6, 6.07) is 0. The lowest BCUT2D eigenvalue weighted by Crippen LogP contribution is -2.40. The molecule has 1 aliphatic rings. The van der Waals surface area contributed by atoms with Gasteiger partial charge in [-0.15, -0.1) is 17.9 Å². The fraction of sp³-hybridized carbons (Fsp3) is 0.526. The Morgan fingerprint density at radius 2 is 2.23 bits per heavy atom. The first-order valence-corrected chi connectivity index (χ1v) is 10.7. The molecule has 0 spiro atoms. The quantitative estimate of drug-likeness (QED) is 0.444. The van der Waals surface area contributed by atoms with E-state index in [0.29, 0.717) is 28.8 Å². The van der Waals surface area contributed by atoms with Gasteiger partial charge in [0.1, 0.15) is 4.83 Å². The predicted octanol–water partition coefficient (Wildman–Crippen LogP) is 3.61. The molecule has 0 bridgehead atoms. The van der Waals surface area contributed by atoms with Crippen LogP contribution in [0.4, 0.5) is 0 Å². The maximum absolute atomic E-state index is 12.9. The average Bonchev–Trinajstić information content (AvgIpc) is 2.90. The van der Waals surface area contributed by atoms with Gasteiger partial charge >= 0.3 is 0 Å². The van der Waals surface area contributed by atoms with Crippen molar-refractivity contribution in [1.29, 1.82) is 0 Å². The van der Waals surface area contributed by atoms with Crippen molar-refractivity contribution in [2.75, 3.05) is 18.8 Å². The number of fused-ring (bicyclic) bond motifs is 1. The lowest BCUT2D eigenvalue weighted by Gasteiger charge is -2.30. The van der Waals surface area contributed by atoms with Gasteiger partial charge in [-0.25, -0.2) is 4.98 Å². The topological polar surface area (TPSA) is 55.2 Å². The first-order valence-electron chi connectivity index (χ1n) is 8.94. The summed E-state index contributed by atoms with van der Waals surface area (Å²) in [5.74, 6) is 0.994. The Morgan fingerprint density at radius 1 is 1.46 bits per heavy atom. The monoisotopic (exact) mass is 391 g/mol. The normalized spacial score (nSPS) is 17.7. The zero-order valence-electron chi connectivity index (χ0n) is 15.6. The first kappa shape index (κ1) is 19.2. The summed E-state index contributed by atoms with van der Waals surface area (Å²) in [6.07, 6.45) is 3.95. The summed E-state index contributed by atoms with van der Waals surface area (Å²) >= 11 is 2.89. The second kappa shape index (κ2) is 7.96. The summed E-state index contributed by atoms with van der Waals surface area (Å²) in [7, 11) is 0. The molecule has 1 aliphatic heterocycles. The Bertz CT molecular complexity index is 900. The fourth-order valence-corrected chi connectivity index (χ4v) is 5.32. The molecule has 1 atom stereocenters. The van der Waals surface area contributed by atoms with E-state index in [4.69, 9.17) is 4.98 Å². The molecule has 2 aromatic rings. The number of allylic oxidation sites excluding steroid dienone is 1. The van der Waals surface area contributed by atoms with Gasteiger partial charge in [-0.05, 0) is 38.2 Å². The number of hydrogen-bond donors (Lipinski definition) is 0. The van der Waals surface area contributed by atoms with Crippen LogP contribution in [-0.2, 0) is 11.3 Å². The van der Waals surface area contributed by atoms with Crippen LogP contribution in [0.2, 0.25) is 0 Å². The molecule has 1 fully saturated rings. The highest BCUT2D eigenvalue weighted by Crippen LogP contribution is 2.28. The molecular weight excluding hydrogens is 366 g/mol. The number of likely N-dealkylation sites (tertiary alicyclic amines) is 1. The van der Waals surface area contributed by atoms with E-state index in [0.717, 1.165) is 34.8 Å². The van der Waals surface area contributed by atoms with Crippen LogP contribution in [0.15, 0.2) is 22.6 Å². The number of aromatic nitrogens is 2. The zero-order chi connectivity index (χ0) is 18.8. The molecule has 0 aromatic carbocycles. The highest BCUT2D eigenvalue weighted by molar-refractivity contribution is 7.99. The Balaban J connectivity index is 1.86. The fourth-order valence-electron chi connectivity index (χ4n) is 3.34. The standard InChI is InChI=1S/C19H25N3O2S2/c1-5-8-22-18(24)16-13(3)14(4)26-17(16)20-19(22)25-11-15(23)21-9-6-7-12(2)10-21/h5,12H,1,6-11H2,2-4H3. The number of aryl methyl sites for hydroxylation is 2. The summed E-state index contributed by atoms with van der Waals surface area (Å²) in [5.41, 5.74) is 0.952.